The molecule has 0 spiro atoms. The number of nitrogens with one attached hydrogen (secondary N) is 1. The van der Waals surface area contributed by atoms with Crippen LogP contribution in [0.15, 0.2) is 59.5 Å². The summed E-state index contributed by atoms with van der Waals surface area (Å²) in [5, 5.41) is 3.29. The van der Waals surface area contributed by atoms with Gasteiger partial charge >= 0.3 is 0 Å². The largest absolute Gasteiger partial charge is 0.497 e. The van der Waals surface area contributed by atoms with Crippen LogP contribution in [0.2, 0.25) is 0 Å². The molecule has 8 nitrogen and oxygen atoms in total. The number of nitrogens with zero attached hydrogens (tertiary/aromatic N) is 4. The molecular formula is C23H27N5O3S. The Kier molecular flexibility index (Phi) is 6.29. The highest BCUT2D eigenvalue weighted by atomic mass is 32.2. The molecule has 32 heavy (non-hydrogen) atoms. The zero-order chi connectivity index (χ0) is 22.7. The van der Waals surface area contributed by atoms with E-state index in [-0.39, 0.29) is 0 Å². The molecule has 1 fully saturated rings. The van der Waals surface area contributed by atoms with Crippen molar-refractivity contribution in [1.29, 1.82) is 0 Å². The number of aryl methyl sites for hydroxylation is 2. The molecule has 0 bridgehead atoms. The molecule has 1 aliphatic rings. The highest BCUT2D eigenvalue weighted by Crippen LogP contribution is 2.23. The Hall–Kier alpha value is -3.17. The third-order valence-electron chi connectivity index (χ3n) is 5.39. The summed E-state index contributed by atoms with van der Waals surface area (Å²) in [6.45, 7) is 5.67. The van der Waals surface area contributed by atoms with Crippen LogP contribution in [0.25, 0.3) is 0 Å². The van der Waals surface area contributed by atoms with Gasteiger partial charge in [0.05, 0.1) is 12.0 Å². The van der Waals surface area contributed by atoms with E-state index in [9.17, 15) is 8.42 Å². The minimum atomic E-state index is -3.50. The maximum Gasteiger partial charge on any atom is 0.243 e. The summed E-state index contributed by atoms with van der Waals surface area (Å²) >= 11 is 0. The number of sulfonamides is 1. The Morgan fingerprint density at radius 1 is 0.906 bits per heavy atom. The summed E-state index contributed by atoms with van der Waals surface area (Å²) in [6.07, 6.45) is 0. The highest BCUT2D eigenvalue weighted by Gasteiger charge is 2.29. The number of piperazine rings is 1. The van der Waals surface area contributed by atoms with E-state index in [4.69, 9.17) is 4.74 Å². The highest BCUT2D eigenvalue weighted by molar-refractivity contribution is 7.89. The van der Waals surface area contributed by atoms with Crippen LogP contribution < -0.4 is 15.0 Å². The molecule has 168 valence electrons. The van der Waals surface area contributed by atoms with Crippen molar-refractivity contribution < 1.29 is 13.2 Å². The van der Waals surface area contributed by atoms with Crippen molar-refractivity contribution in [2.45, 2.75) is 18.7 Å². The predicted octanol–water partition coefficient (Wildman–Crippen LogP) is 3.36. The Morgan fingerprint density at radius 3 is 2.19 bits per heavy atom. The first kappa shape index (κ1) is 22.0. The van der Waals surface area contributed by atoms with Crippen molar-refractivity contribution in [2.75, 3.05) is 43.5 Å². The molecule has 0 amide bonds. The molecule has 0 aliphatic carbocycles. The third kappa shape index (κ3) is 4.84. The lowest BCUT2D eigenvalue weighted by Crippen LogP contribution is -2.49. The lowest BCUT2D eigenvalue weighted by Gasteiger charge is -2.34. The van der Waals surface area contributed by atoms with Gasteiger partial charge in [0.15, 0.2) is 0 Å². The van der Waals surface area contributed by atoms with Crippen LogP contribution in [0.3, 0.4) is 0 Å². The van der Waals surface area contributed by atoms with Gasteiger partial charge in [-0.2, -0.15) is 9.29 Å². The van der Waals surface area contributed by atoms with E-state index in [0.717, 1.165) is 22.7 Å². The first-order valence-electron chi connectivity index (χ1n) is 10.4. The van der Waals surface area contributed by atoms with Crippen molar-refractivity contribution in [3.05, 3.63) is 65.9 Å². The van der Waals surface area contributed by atoms with E-state index in [1.54, 1.807) is 19.2 Å². The fourth-order valence-electron chi connectivity index (χ4n) is 3.57. The Bertz CT molecular complexity index is 1170. The molecule has 1 aromatic heterocycles. The molecular weight excluding hydrogens is 426 g/mol. The number of methoxy groups -OCH3 is 1. The third-order valence-corrected chi connectivity index (χ3v) is 7.30. The number of anilines is 3. The fourth-order valence-corrected chi connectivity index (χ4v) is 4.99. The van der Waals surface area contributed by atoms with Crippen molar-refractivity contribution in [2.24, 2.45) is 0 Å². The number of hydrogen-bond acceptors (Lipinski definition) is 7. The first-order valence-corrected chi connectivity index (χ1v) is 11.9. The predicted molar refractivity (Wildman–Crippen MR) is 125 cm³/mol. The lowest BCUT2D eigenvalue weighted by molar-refractivity contribution is 0.382. The molecule has 9 heteroatoms. The smallest absolute Gasteiger partial charge is 0.243 e. The maximum atomic E-state index is 13.0. The summed E-state index contributed by atoms with van der Waals surface area (Å²) in [5.41, 5.74) is 2.76. The number of ether oxygens (including phenoxy) is 1. The van der Waals surface area contributed by atoms with Crippen LogP contribution in [0.4, 0.5) is 17.5 Å². The molecule has 4 rings (SSSR count). The number of rotatable bonds is 6. The summed E-state index contributed by atoms with van der Waals surface area (Å²) in [5.74, 6) is 2.06. The van der Waals surface area contributed by atoms with Gasteiger partial charge in [0, 0.05) is 43.6 Å². The average molecular weight is 454 g/mol. The SMILES string of the molecule is COc1ccc(Nc2cc(C)nc(N3CCN(S(=O)(=O)c4ccc(C)cc4)CC3)n2)cc1. The van der Waals surface area contributed by atoms with E-state index in [1.165, 1.54) is 4.31 Å². The molecule has 1 N–H and O–H groups in total. The van der Waals surface area contributed by atoms with E-state index in [1.807, 2.05) is 61.2 Å². The topological polar surface area (TPSA) is 87.7 Å². The minimum Gasteiger partial charge on any atom is -0.497 e. The van der Waals surface area contributed by atoms with Gasteiger partial charge in [-0.15, -0.1) is 0 Å². The lowest BCUT2D eigenvalue weighted by atomic mass is 10.2. The molecule has 3 aromatic rings. The molecule has 1 aliphatic heterocycles. The van der Waals surface area contributed by atoms with Crippen LogP contribution in [0.1, 0.15) is 11.3 Å². The van der Waals surface area contributed by atoms with Gasteiger partial charge in [0.25, 0.3) is 0 Å². The molecule has 0 saturated carbocycles. The fraction of sp³-hybridized carbons (Fsp3) is 0.304. The summed E-state index contributed by atoms with van der Waals surface area (Å²) in [7, 11) is -1.87. The van der Waals surface area contributed by atoms with Gasteiger partial charge in [-0.1, -0.05) is 17.7 Å². The van der Waals surface area contributed by atoms with Gasteiger partial charge in [0.1, 0.15) is 11.6 Å². The monoisotopic (exact) mass is 453 g/mol. The second-order valence-corrected chi connectivity index (χ2v) is 9.69. The van der Waals surface area contributed by atoms with Gasteiger partial charge in [0.2, 0.25) is 16.0 Å². The first-order chi connectivity index (χ1) is 15.3. The number of benzene rings is 2. The average Bonchev–Trinajstić information content (AvgIpc) is 2.79. The second kappa shape index (κ2) is 9.13. The van der Waals surface area contributed by atoms with Crippen molar-refractivity contribution >= 4 is 27.5 Å². The van der Waals surface area contributed by atoms with Crippen LogP contribution in [0.5, 0.6) is 5.75 Å². The zero-order valence-corrected chi connectivity index (χ0v) is 19.3. The standard InChI is InChI=1S/C23H27N5O3S/c1-17-4-10-21(11-5-17)32(29,30)28-14-12-27(13-15-28)23-24-18(2)16-22(26-23)25-19-6-8-20(31-3)9-7-19/h4-11,16H,12-15H2,1-3H3,(H,24,25,26). The van der Waals surface area contributed by atoms with E-state index < -0.39 is 10.0 Å². The molecule has 1 saturated heterocycles. The maximum absolute atomic E-state index is 13.0. The Balaban J connectivity index is 1.45. The number of hydrogen-bond donors (Lipinski definition) is 1. The minimum absolute atomic E-state index is 0.328. The van der Waals surface area contributed by atoms with E-state index in [0.29, 0.717) is 42.8 Å². The van der Waals surface area contributed by atoms with Gasteiger partial charge in [-0.3, -0.25) is 0 Å². The second-order valence-electron chi connectivity index (χ2n) is 7.75. The van der Waals surface area contributed by atoms with Crippen molar-refractivity contribution in [3.8, 4) is 5.75 Å². The molecule has 0 atom stereocenters. The van der Waals surface area contributed by atoms with Gasteiger partial charge < -0.3 is 15.0 Å². The number of aromatic nitrogens is 2. The van der Waals surface area contributed by atoms with E-state index in [2.05, 4.69) is 15.3 Å². The van der Waals surface area contributed by atoms with Gasteiger partial charge in [-0.25, -0.2) is 13.4 Å². The zero-order valence-electron chi connectivity index (χ0n) is 18.4. The van der Waals surface area contributed by atoms with Crippen molar-refractivity contribution in [3.63, 3.8) is 0 Å². The molecule has 0 unspecified atom stereocenters. The van der Waals surface area contributed by atoms with Crippen LogP contribution in [-0.2, 0) is 10.0 Å². The van der Waals surface area contributed by atoms with Crippen LogP contribution in [-0.4, -0.2) is 56.0 Å². The summed E-state index contributed by atoms with van der Waals surface area (Å²) in [4.78, 5) is 11.6. The molecule has 0 radical (unpaired) electrons. The summed E-state index contributed by atoms with van der Waals surface area (Å²) < 4.78 is 32.6. The van der Waals surface area contributed by atoms with E-state index >= 15 is 0 Å². The summed E-state index contributed by atoms with van der Waals surface area (Å²) in [6, 6.07) is 16.5. The van der Waals surface area contributed by atoms with Crippen LogP contribution >= 0.6 is 0 Å². The van der Waals surface area contributed by atoms with Crippen LogP contribution in [0, 0.1) is 13.8 Å². The Morgan fingerprint density at radius 2 is 1.56 bits per heavy atom. The Labute approximate surface area is 188 Å². The van der Waals surface area contributed by atoms with Crippen molar-refractivity contribution in [1.82, 2.24) is 14.3 Å². The quantitative estimate of drug-likeness (QED) is 0.612. The molecule has 2 heterocycles. The normalized spacial score (nSPS) is 14.9. The molecule has 2 aromatic carbocycles. The van der Waals surface area contributed by atoms with Gasteiger partial charge in [-0.05, 0) is 50.2 Å².